The summed E-state index contributed by atoms with van der Waals surface area (Å²) in [7, 11) is 0. The summed E-state index contributed by atoms with van der Waals surface area (Å²) < 4.78 is 0. The fourth-order valence-corrected chi connectivity index (χ4v) is 2.43. The molecule has 3 heteroatoms. The maximum absolute atomic E-state index is 12.1. The zero-order valence-electron chi connectivity index (χ0n) is 11.2. The summed E-state index contributed by atoms with van der Waals surface area (Å²) >= 11 is 0. The lowest BCUT2D eigenvalue weighted by Crippen LogP contribution is -2.41. The third kappa shape index (κ3) is 3.33. The first kappa shape index (κ1) is 13.1. The molecule has 2 atom stereocenters. The molecule has 1 aliphatic heterocycles. The second-order valence-corrected chi connectivity index (χ2v) is 5.19. The number of benzene rings is 1. The second kappa shape index (κ2) is 6.01. The number of hydrogen-bond donors (Lipinski definition) is 2. The summed E-state index contributed by atoms with van der Waals surface area (Å²) in [6, 6.07) is 8.39. The summed E-state index contributed by atoms with van der Waals surface area (Å²) in [5.74, 6) is 0.308. The molecule has 0 bridgehead atoms. The topological polar surface area (TPSA) is 41.1 Å². The van der Waals surface area contributed by atoms with Crippen LogP contribution in [-0.2, 0) is 4.79 Å². The van der Waals surface area contributed by atoms with E-state index >= 15 is 0 Å². The highest BCUT2D eigenvalue weighted by molar-refractivity contribution is 5.79. The second-order valence-electron chi connectivity index (χ2n) is 5.19. The molecule has 2 N–H and O–H groups in total. The molecule has 0 radical (unpaired) electrons. The zero-order valence-corrected chi connectivity index (χ0v) is 11.2. The smallest absolute Gasteiger partial charge is 0.224 e. The maximum Gasteiger partial charge on any atom is 0.224 e. The van der Waals surface area contributed by atoms with Crippen LogP contribution in [0.5, 0.6) is 0 Å². The van der Waals surface area contributed by atoms with Gasteiger partial charge in [-0.2, -0.15) is 0 Å². The average Bonchev–Trinajstić information content (AvgIpc) is 2.39. The van der Waals surface area contributed by atoms with Crippen LogP contribution in [0, 0.1) is 12.8 Å². The van der Waals surface area contributed by atoms with Crippen molar-refractivity contribution < 1.29 is 4.79 Å². The van der Waals surface area contributed by atoms with Gasteiger partial charge in [0.25, 0.3) is 0 Å². The van der Waals surface area contributed by atoms with Gasteiger partial charge >= 0.3 is 0 Å². The molecule has 1 amide bonds. The minimum absolute atomic E-state index is 0.0827. The Morgan fingerprint density at radius 3 is 3.00 bits per heavy atom. The molecule has 1 fully saturated rings. The molecule has 0 aliphatic carbocycles. The number of hydrogen-bond acceptors (Lipinski definition) is 2. The van der Waals surface area contributed by atoms with Gasteiger partial charge in [0.05, 0.1) is 12.0 Å². The van der Waals surface area contributed by atoms with Gasteiger partial charge in [-0.25, -0.2) is 0 Å². The molecule has 1 aromatic carbocycles. The van der Waals surface area contributed by atoms with Crippen molar-refractivity contribution in [2.45, 2.75) is 32.7 Å². The number of amides is 1. The predicted octanol–water partition coefficient (Wildman–Crippen LogP) is 2.17. The van der Waals surface area contributed by atoms with E-state index in [1.807, 2.05) is 13.0 Å². The van der Waals surface area contributed by atoms with Crippen molar-refractivity contribution in [3.8, 4) is 0 Å². The van der Waals surface area contributed by atoms with E-state index in [-0.39, 0.29) is 17.9 Å². The minimum Gasteiger partial charge on any atom is -0.349 e. The van der Waals surface area contributed by atoms with E-state index in [1.165, 1.54) is 11.1 Å². The molecular weight excluding hydrogens is 224 g/mol. The monoisotopic (exact) mass is 246 g/mol. The standard InChI is InChI=1S/C15H22N2O/c1-11-5-3-6-13(9-11)12(2)17-15(18)14-7-4-8-16-10-14/h3,5-6,9,12,14,16H,4,7-8,10H2,1-2H3,(H,17,18)/t12-,14-/m1/s1. The van der Waals surface area contributed by atoms with Crippen LogP contribution in [0.4, 0.5) is 0 Å². The van der Waals surface area contributed by atoms with Crippen LogP contribution in [-0.4, -0.2) is 19.0 Å². The molecule has 98 valence electrons. The number of carbonyl (C=O) groups is 1. The third-order valence-electron chi connectivity index (χ3n) is 3.57. The van der Waals surface area contributed by atoms with Crippen molar-refractivity contribution in [2.75, 3.05) is 13.1 Å². The van der Waals surface area contributed by atoms with Gasteiger partial charge in [0.15, 0.2) is 0 Å². The lowest BCUT2D eigenvalue weighted by molar-refractivity contribution is -0.126. The van der Waals surface area contributed by atoms with E-state index in [4.69, 9.17) is 0 Å². The van der Waals surface area contributed by atoms with Gasteiger partial charge < -0.3 is 10.6 Å². The highest BCUT2D eigenvalue weighted by Crippen LogP contribution is 2.16. The van der Waals surface area contributed by atoms with Gasteiger partial charge in [-0.15, -0.1) is 0 Å². The quantitative estimate of drug-likeness (QED) is 0.858. The van der Waals surface area contributed by atoms with Crippen molar-refractivity contribution in [1.82, 2.24) is 10.6 Å². The molecule has 0 saturated carbocycles. The molecule has 0 unspecified atom stereocenters. The normalized spacial score (nSPS) is 21.3. The van der Waals surface area contributed by atoms with Gasteiger partial charge in [0, 0.05) is 6.54 Å². The number of rotatable bonds is 3. The Morgan fingerprint density at radius 1 is 1.50 bits per heavy atom. The van der Waals surface area contributed by atoms with E-state index in [0.29, 0.717) is 0 Å². The van der Waals surface area contributed by atoms with Crippen LogP contribution < -0.4 is 10.6 Å². The lowest BCUT2D eigenvalue weighted by atomic mass is 9.97. The van der Waals surface area contributed by atoms with Gasteiger partial charge in [0.1, 0.15) is 0 Å². The third-order valence-corrected chi connectivity index (χ3v) is 3.57. The summed E-state index contributed by atoms with van der Waals surface area (Å²) in [6.45, 7) is 5.97. The van der Waals surface area contributed by atoms with E-state index in [1.54, 1.807) is 0 Å². The fourth-order valence-electron chi connectivity index (χ4n) is 2.43. The maximum atomic E-state index is 12.1. The van der Waals surface area contributed by atoms with Gasteiger partial charge in [0.2, 0.25) is 5.91 Å². The van der Waals surface area contributed by atoms with E-state index in [0.717, 1.165) is 25.9 Å². The highest BCUT2D eigenvalue weighted by atomic mass is 16.1. The van der Waals surface area contributed by atoms with Gasteiger partial charge in [-0.05, 0) is 38.8 Å². The van der Waals surface area contributed by atoms with E-state index < -0.39 is 0 Å². The number of carbonyl (C=O) groups excluding carboxylic acids is 1. The Balaban J connectivity index is 1.94. The van der Waals surface area contributed by atoms with Crippen LogP contribution in [0.15, 0.2) is 24.3 Å². The molecule has 3 nitrogen and oxygen atoms in total. The number of aryl methyl sites for hydroxylation is 1. The Hall–Kier alpha value is -1.35. The van der Waals surface area contributed by atoms with Crippen molar-refractivity contribution >= 4 is 5.91 Å². The molecule has 1 saturated heterocycles. The lowest BCUT2D eigenvalue weighted by Gasteiger charge is -2.24. The Bertz CT molecular complexity index is 411. The molecule has 1 aromatic rings. The number of piperidine rings is 1. The Kier molecular flexibility index (Phi) is 4.37. The van der Waals surface area contributed by atoms with E-state index in [9.17, 15) is 4.79 Å². The summed E-state index contributed by atoms with van der Waals surface area (Å²) in [6.07, 6.45) is 2.09. The molecule has 18 heavy (non-hydrogen) atoms. The number of nitrogens with one attached hydrogen (secondary N) is 2. The fraction of sp³-hybridized carbons (Fsp3) is 0.533. The Labute approximate surface area is 109 Å². The Morgan fingerprint density at radius 2 is 2.33 bits per heavy atom. The molecule has 1 aliphatic rings. The van der Waals surface area contributed by atoms with Crippen LogP contribution >= 0.6 is 0 Å². The van der Waals surface area contributed by atoms with Gasteiger partial charge in [-0.3, -0.25) is 4.79 Å². The van der Waals surface area contributed by atoms with Gasteiger partial charge in [-0.1, -0.05) is 29.8 Å². The first-order valence-corrected chi connectivity index (χ1v) is 6.74. The first-order valence-electron chi connectivity index (χ1n) is 6.74. The zero-order chi connectivity index (χ0) is 13.0. The van der Waals surface area contributed by atoms with Crippen LogP contribution in [0.3, 0.4) is 0 Å². The van der Waals surface area contributed by atoms with Crippen LogP contribution in [0.25, 0.3) is 0 Å². The van der Waals surface area contributed by atoms with Crippen molar-refractivity contribution in [1.29, 1.82) is 0 Å². The summed E-state index contributed by atoms with van der Waals surface area (Å²) in [5.41, 5.74) is 2.40. The van der Waals surface area contributed by atoms with Crippen LogP contribution in [0.1, 0.15) is 36.9 Å². The minimum atomic E-state index is 0.0827. The summed E-state index contributed by atoms with van der Waals surface area (Å²) in [5, 5.41) is 6.39. The molecule has 0 spiro atoms. The van der Waals surface area contributed by atoms with Crippen LogP contribution in [0.2, 0.25) is 0 Å². The molecule has 2 rings (SSSR count). The molecule has 1 heterocycles. The highest BCUT2D eigenvalue weighted by Gasteiger charge is 2.22. The van der Waals surface area contributed by atoms with Crippen molar-refractivity contribution in [2.24, 2.45) is 5.92 Å². The largest absolute Gasteiger partial charge is 0.349 e. The van der Waals surface area contributed by atoms with Crippen molar-refractivity contribution in [3.05, 3.63) is 35.4 Å². The molecule has 0 aromatic heterocycles. The van der Waals surface area contributed by atoms with E-state index in [2.05, 4.69) is 35.8 Å². The SMILES string of the molecule is Cc1cccc([C@@H](C)NC(=O)[C@@H]2CCCNC2)c1. The average molecular weight is 246 g/mol. The molecular formula is C15H22N2O. The predicted molar refractivity (Wildman–Crippen MR) is 73.3 cm³/mol. The summed E-state index contributed by atoms with van der Waals surface area (Å²) in [4.78, 5) is 12.1. The first-order chi connectivity index (χ1) is 8.66. The van der Waals surface area contributed by atoms with Crippen molar-refractivity contribution in [3.63, 3.8) is 0 Å².